The van der Waals surface area contributed by atoms with Gasteiger partial charge in [-0.25, -0.2) is 0 Å². The van der Waals surface area contributed by atoms with E-state index < -0.39 is 11.9 Å². The largest absolute Gasteiger partial charge is 0.495 e. The topological polar surface area (TPSA) is 72.5 Å². The molecular formula is C12H13NO3S. The number of carboxylic acids is 1. The van der Waals surface area contributed by atoms with Crippen LogP contribution in [0.5, 0.6) is 5.75 Å². The minimum atomic E-state index is -0.898. The van der Waals surface area contributed by atoms with Crippen LogP contribution in [0, 0.1) is 0 Å². The Morgan fingerprint density at radius 2 is 2.29 bits per heavy atom. The van der Waals surface area contributed by atoms with Crippen LogP contribution in [-0.4, -0.2) is 24.7 Å². The van der Waals surface area contributed by atoms with E-state index in [1.807, 2.05) is 11.4 Å². The minimum absolute atomic E-state index is 0.0899. The molecule has 0 fully saturated rings. The average molecular weight is 251 g/mol. The lowest BCUT2D eigenvalue weighted by Crippen LogP contribution is -2.21. The van der Waals surface area contributed by atoms with Crippen molar-refractivity contribution in [3.8, 4) is 5.75 Å². The van der Waals surface area contributed by atoms with Crippen molar-refractivity contribution in [1.29, 1.82) is 0 Å². The molecule has 2 rings (SSSR count). The van der Waals surface area contributed by atoms with Crippen LogP contribution in [0.25, 0.3) is 10.1 Å². The molecule has 0 spiro atoms. The minimum Gasteiger partial charge on any atom is -0.495 e. The summed E-state index contributed by atoms with van der Waals surface area (Å²) in [6, 6.07) is 5.47. The van der Waals surface area contributed by atoms with E-state index in [1.54, 1.807) is 19.2 Å². The zero-order valence-corrected chi connectivity index (χ0v) is 10.2. The second-order valence-corrected chi connectivity index (χ2v) is 4.56. The van der Waals surface area contributed by atoms with Gasteiger partial charge >= 0.3 is 5.97 Å². The van der Waals surface area contributed by atoms with Gasteiger partial charge in [-0.3, -0.25) is 4.79 Å². The van der Waals surface area contributed by atoms with Crippen molar-refractivity contribution in [2.75, 3.05) is 13.7 Å². The first-order chi connectivity index (χ1) is 8.19. The van der Waals surface area contributed by atoms with Crippen molar-refractivity contribution in [3.63, 3.8) is 0 Å². The van der Waals surface area contributed by atoms with Crippen molar-refractivity contribution < 1.29 is 14.6 Å². The van der Waals surface area contributed by atoms with Crippen LogP contribution in [0.2, 0.25) is 0 Å². The Balaban J connectivity index is 2.63. The van der Waals surface area contributed by atoms with Crippen LogP contribution >= 0.6 is 11.3 Å². The maximum Gasteiger partial charge on any atom is 0.312 e. The van der Waals surface area contributed by atoms with E-state index in [1.165, 1.54) is 11.3 Å². The molecule has 0 radical (unpaired) electrons. The van der Waals surface area contributed by atoms with Crippen LogP contribution in [0.1, 0.15) is 11.5 Å². The first-order valence-corrected chi connectivity index (χ1v) is 6.04. The molecular weight excluding hydrogens is 238 g/mol. The number of nitrogens with two attached hydrogens (primary N) is 1. The van der Waals surface area contributed by atoms with E-state index in [4.69, 9.17) is 15.6 Å². The lowest BCUT2D eigenvalue weighted by atomic mass is 9.96. The lowest BCUT2D eigenvalue weighted by molar-refractivity contribution is -0.138. The normalized spacial score (nSPS) is 12.6. The van der Waals surface area contributed by atoms with Crippen LogP contribution in [0.15, 0.2) is 23.6 Å². The highest BCUT2D eigenvalue weighted by Crippen LogP contribution is 2.35. The summed E-state index contributed by atoms with van der Waals surface area (Å²) in [4.78, 5) is 11.1. The Morgan fingerprint density at radius 1 is 1.53 bits per heavy atom. The highest BCUT2D eigenvalue weighted by atomic mass is 32.1. The molecule has 0 saturated carbocycles. The van der Waals surface area contributed by atoms with E-state index in [0.717, 1.165) is 21.4 Å². The molecule has 0 aliphatic heterocycles. The lowest BCUT2D eigenvalue weighted by Gasteiger charge is -2.12. The fourth-order valence-corrected chi connectivity index (χ4v) is 2.80. The summed E-state index contributed by atoms with van der Waals surface area (Å²) in [6.45, 7) is 0.0899. The van der Waals surface area contributed by atoms with Gasteiger partial charge in [0.15, 0.2) is 0 Å². The monoisotopic (exact) mass is 251 g/mol. The molecule has 3 N–H and O–H groups in total. The zero-order valence-electron chi connectivity index (χ0n) is 9.34. The third-order valence-electron chi connectivity index (χ3n) is 2.74. The molecule has 1 heterocycles. The molecule has 0 amide bonds. The summed E-state index contributed by atoms with van der Waals surface area (Å²) in [7, 11) is 1.60. The molecule has 17 heavy (non-hydrogen) atoms. The number of ether oxygens (including phenoxy) is 1. The van der Waals surface area contributed by atoms with E-state index >= 15 is 0 Å². The molecule has 90 valence electrons. The second-order valence-electron chi connectivity index (χ2n) is 3.65. The van der Waals surface area contributed by atoms with Crippen molar-refractivity contribution in [1.82, 2.24) is 0 Å². The van der Waals surface area contributed by atoms with Crippen LogP contribution < -0.4 is 10.5 Å². The van der Waals surface area contributed by atoms with Crippen molar-refractivity contribution in [2.45, 2.75) is 5.92 Å². The Labute approximate surface area is 103 Å². The van der Waals surface area contributed by atoms with Gasteiger partial charge in [-0.2, -0.15) is 0 Å². The molecule has 1 atom stereocenters. The molecule has 1 aromatic carbocycles. The fourth-order valence-electron chi connectivity index (χ4n) is 1.88. The van der Waals surface area contributed by atoms with Crippen LogP contribution in [0.3, 0.4) is 0 Å². The predicted molar refractivity (Wildman–Crippen MR) is 67.8 cm³/mol. The maximum absolute atomic E-state index is 11.1. The standard InChI is InChI=1S/C12H13NO3S/c1-16-10-3-2-7(9(6-13)12(14)15)8-4-5-17-11(8)10/h2-5,9H,6,13H2,1H3,(H,14,15). The number of hydrogen-bond acceptors (Lipinski definition) is 4. The number of carboxylic acid groups (broad SMARTS) is 1. The van der Waals surface area contributed by atoms with E-state index in [2.05, 4.69) is 0 Å². The summed E-state index contributed by atoms with van der Waals surface area (Å²) >= 11 is 1.53. The SMILES string of the molecule is COc1ccc(C(CN)C(=O)O)c2ccsc12. The van der Waals surface area contributed by atoms with Gasteiger partial charge in [0.05, 0.1) is 17.7 Å². The van der Waals surface area contributed by atoms with Gasteiger partial charge < -0.3 is 15.6 Å². The number of carbonyl (C=O) groups is 1. The molecule has 0 bridgehead atoms. The average Bonchev–Trinajstić information content (AvgIpc) is 2.78. The highest BCUT2D eigenvalue weighted by Gasteiger charge is 2.21. The van der Waals surface area contributed by atoms with E-state index in [9.17, 15) is 4.79 Å². The summed E-state index contributed by atoms with van der Waals surface area (Å²) in [5.74, 6) is -0.803. The third kappa shape index (κ3) is 1.99. The van der Waals surface area contributed by atoms with Gasteiger partial charge in [0.25, 0.3) is 0 Å². The molecule has 1 unspecified atom stereocenters. The smallest absolute Gasteiger partial charge is 0.312 e. The first-order valence-electron chi connectivity index (χ1n) is 5.16. The Morgan fingerprint density at radius 3 is 2.88 bits per heavy atom. The number of methoxy groups -OCH3 is 1. The van der Waals surface area contributed by atoms with Crippen LogP contribution in [-0.2, 0) is 4.79 Å². The van der Waals surface area contributed by atoms with E-state index in [-0.39, 0.29) is 6.54 Å². The molecule has 1 aromatic heterocycles. The summed E-state index contributed by atoms with van der Waals surface area (Å²) in [5.41, 5.74) is 6.27. The van der Waals surface area contributed by atoms with E-state index in [0.29, 0.717) is 0 Å². The van der Waals surface area contributed by atoms with Gasteiger partial charge in [0.2, 0.25) is 0 Å². The molecule has 4 nitrogen and oxygen atoms in total. The summed E-state index contributed by atoms with van der Waals surface area (Å²) in [6.07, 6.45) is 0. The third-order valence-corrected chi connectivity index (χ3v) is 3.67. The first kappa shape index (κ1) is 11.9. The highest BCUT2D eigenvalue weighted by molar-refractivity contribution is 7.17. The number of benzene rings is 1. The number of fused-ring (bicyclic) bond motifs is 1. The van der Waals surface area contributed by atoms with Gasteiger partial charge in [-0.05, 0) is 23.1 Å². The van der Waals surface area contributed by atoms with Crippen molar-refractivity contribution >= 4 is 27.4 Å². The van der Waals surface area contributed by atoms with Gasteiger partial charge in [-0.1, -0.05) is 6.07 Å². The molecule has 5 heteroatoms. The number of thiophene rings is 1. The summed E-state index contributed by atoms with van der Waals surface area (Å²) < 4.78 is 6.21. The Bertz CT molecular complexity index is 550. The Hall–Kier alpha value is -1.59. The molecule has 2 aromatic rings. The fraction of sp³-hybridized carbons (Fsp3) is 0.250. The van der Waals surface area contributed by atoms with Gasteiger partial charge in [0.1, 0.15) is 5.75 Å². The van der Waals surface area contributed by atoms with Crippen LogP contribution in [0.4, 0.5) is 0 Å². The number of aliphatic carboxylic acids is 1. The van der Waals surface area contributed by atoms with Gasteiger partial charge in [-0.15, -0.1) is 11.3 Å². The molecule has 0 aliphatic rings. The molecule has 0 saturated heterocycles. The molecule has 0 aliphatic carbocycles. The van der Waals surface area contributed by atoms with Crippen molar-refractivity contribution in [2.24, 2.45) is 5.73 Å². The predicted octanol–water partition coefficient (Wildman–Crippen LogP) is 2.04. The number of rotatable bonds is 4. The Kier molecular flexibility index (Phi) is 3.31. The summed E-state index contributed by atoms with van der Waals surface area (Å²) in [5, 5.41) is 12.0. The quantitative estimate of drug-likeness (QED) is 0.872. The van der Waals surface area contributed by atoms with Crippen molar-refractivity contribution in [3.05, 3.63) is 29.1 Å². The van der Waals surface area contributed by atoms with Gasteiger partial charge in [0, 0.05) is 11.9 Å². The maximum atomic E-state index is 11.1. The zero-order chi connectivity index (χ0) is 12.4. The number of hydrogen-bond donors (Lipinski definition) is 2. The second kappa shape index (κ2) is 4.73.